The quantitative estimate of drug-likeness (QED) is 0.519. The maximum Gasteiger partial charge on any atom is 0.238 e. The maximum atomic E-state index is 13.2. The van der Waals surface area contributed by atoms with Crippen LogP contribution in [0.15, 0.2) is 88.6 Å². The maximum absolute atomic E-state index is 13.2. The first-order valence-electron chi connectivity index (χ1n) is 8.86. The van der Waals surface area contributed by atoms with E-state index in [0.717, 1.165) is 20.7 Å². The number of sulfonamides is 1. The van der Waals surface area contributed by atoms with Gasteiger partial charge in [-0.1, -0.05) is 60.7 Å². The fraction of sp³-hybridized carbons (Fsp3) is 0. The van der Waals surface area contributed by atoms with E-state index in [1.54, 1.807) is 12.1 Å². The summed E-state index contributed by atoms with van der Waals surface area (Å²) in [4.78, 5) is 14.0. The van der Waals surface area contributed by atoms with Gasteiger partial charge in [0.05, 0.1) is 4.90 Å². The van der Waals surface area contributed by atoms with Crippen LogP contribution >= 0.6 is 11.3 Å². The Morgan fingerprint density at radius 2 is 1.45 bits per heavy atom. The lowest BCUT2D eigenvalue weighted by atomic mass is 10.1. The van der Waals surface area contributed by atoms with Crippen molar-refractivity contribution in [1.29, 1.82) is 0 Å². The number of benzene rings is 3. The Labute approximate surface area is 172 Å². The molecule has 6 heteroatoms. The number of fused-ring (bicyclic) bond motifs is 1. The molecule has 29 heavy (non-hydrogen) atoms. The second-order valence-corrected chi connectivity index (χ2v) is 9.10. The van der Waals surface area contributed by atoms with Crippen molar-refractivity contribution >= 4 is 43.6 Å². The van der Waals surface area contributed by atoms with Crippen molar-refractivity contribution in [3.8, 4) is 10.4 Å². The summed E-state index contributed by atoms with van der Waals surface area (Å²) in [5.41, 5.74) is 2.26. The zero-order chi connectivity index (χ0) is 20.4. The predicted octanol–water partition coefficient (Wildman–Crippen LogP) is 4.75. The highest BCUT2D eigenvalue weighted by Crippen LogP contribution is 2.33. The van der Waals surface area contributed by atoms with Gasteiger partial charge < -0.3 is 0 Å². The van der Waals surface area contributed by atoms with E-state index in [0.29, 0.717) is 10.9 Å². The molecular formula is C23H17NO3S2. The molecule has 4 nitrogen and oxygen atoms in total. The summed E-state index contributed by atoms with van der Waals surface area (Å²) in [6.45, 7) is 0. The van der Waals surface area contributed by atoms with Gasteiger partial charge in [-0.2, -0.15) is 0 Å². The largest absolute Gasteiger partial charge is 0.289 e. The summed E-state index contributed by atoms with van der Waals surface area (Å²) in [7, 11) is -3.77. The number of primary sulfonamides is 1. The van der Waals surface area contributed by atoms with Gasteiger partial charge in [0.1, 0.15) is 0 Å². The lowest BCUT2D eigenvalue weighted by molar-refractivity contribution is 0.598. The minimum Gasteiger partial charge on any atom is -0.289 e. The van der Waals surface area contributed by atoms with Gasteiger partial charge >= 0.3 is 0 Å². The summed E-state index contributed by atoms with van der Waals surface area (Å²) in [6.07, 6.45) is 3.73. The normalized spacial score (nSPS) is 11.9. The predicted molar refractivity (Wildman–Crippen MR) is 120 cm³/mol. The Morgan fingerprint density at radius 3 is 2.14 bits per heavy atom. The van der Waals surface area contributed by atoms with E-state index >= 15 is 0 Å². The SMILES string of the molecule is NS(=O)(=O)c1ccc(-c2sc3ccccc3c(=O)c2C=Cc2ccccc2)cc1. The average Bonchev–Trinajstić information content (AvgIpc) is 2.73. The molecule has 0 saturated heterocycles. The zero-order valence-electron chi connectivity index (χ0n) is 15.3. The van der Waals surface area contributed by atoms with Crippen LogP contribution in [-0.2, 0) is 10.0 Å². The summed E-state index contributed by atoms with van der Waals surface area (Å²) >= 11 is 1.50. The zero-order valence-corrected chi connectivity index (χ0v) is 16.9. The Kier molecular flexibility index (Phi) is 5.15. The molecule has 0 fully saturated rings. The number of hydrogen-bond acceptors (Lipinski definition) is 4. The number of rotatable bonds is 4. The third-order valence-electron chi connectivity index (χ3n) is 4.52. The Balaban J connectivity index is 1.92. The van der Waals surface area contributed by atoms with Crippen LogP contribution in [0.5, 0.6) is 0 Å². The average molecular weight is 420 g/mol. The molecule has 0 amide bonds. The molecule has 1 heterocycles. The molecule has 4 rings (SSSR count). The van der Waals surface area contributed by atoms with Gasteiger partial charge in [0.15, 0.2) is 5.43 Å². The van der Waals surface area contributed by atoms with Gasteiger partial charge in [0.2, 0.25) is 10.0 Å². The Bertz CT molecular complexity index is 1370. The molecule has 144 valence electrons. The highest BCUT2D eigenvalue weighted by molar-refractivity contribution is 7.89. The van der Waals surface area contributed by atoms with E-state index in [1.165, 1.54) is 23.5 Å². The van der Waals surface area contributed by atoms with Crippen molar-refractivity contribution < 1.29 is 8.42 Å². The molecule has 2 N–H and O–H groups in total. The third kappa shape index (κ3) is 4.05. The lowest BCUT2D eigenvalue weighted by Gasteiger charge is -2.09. The third-order valence-corrected chi connectivity index (χ3v) is 6.68. The van der Waals surface area contributed by atoms with E-state index in [2.05, 4.69) is 0 Å². The van der Waals surface area contributed by atoms with Crippen molar-refractivity contribution in [2.75, 3.05) is 0 Å². The van der Waals surface area contributed by atoms with Gasteiger partial charge in [-0.15, -0.1) is 11.3 Å². The van der Waals surface area contributed by atoms with Crippen molar-refractivity contribution in [3.05, 3.63) is 100 Å². The van der Waals surface area contributed by atoms with Crippen LogP contribution < -0.4 is 10.6 Å². The van der Waals surface area contributed by atoms with Crippen LogP contribution in [0.25, 0.3) is 32.7 Å². The molecule has 0 spiro atoms. The molecule has 0 aliphatic rings. The monoisotopic (exact) mass is 419 g/mol. The summed E-state index contributed by atoms with van der Waals surface area (Å²) in [6, 6.07) is 23.5. The molecule has 1 aromatic heterocycles. The molecule has 4 aromatic rings. The van der Waals surface area contributed by atoms with Gasteiger partial charge in [-0.05, 0) is 41.5 Å². The topological polar surface area (TPSA) is 77.2 Å². The van der Waals surface area contributed by atoms with E-state index in [-0.39, 0.29) is 10.3 Å². The number of nitrogens with two attached hydrogens (primary N) is 1. The Hall–Kier alpha value is -3.06. The van der Waals surface area contributed by atoms with Crippen molar-refractivity contribution in [3.63, 3.8) is 0 Å². The minimum absolute atomic E-state index is 0.0377. The summed E-state index contributed by atoms with van der Waals surface area (Å²) in [5, 5.41) is 5.86. The highest BCUT2D eigenvalue weighted by atomic mass is 32.2. The van der Waals surface area contributed by atoms with Gasteiger partial charge in [-0.25, -0.2) is 13.6 Å². The molecule has 3 aromatic carbocycles. The second-order valence-electron chi connectivity index (χ2n) is 6.48. The van der Waals surface area contributed by atoms with Crippen LogP contribution in [0, 0.1) is 0 Å². The smallest absolute Gasteiger partial charge is 0.238 e. The standard InChI is InChI=1S/C23H17NO3S2/c24-29(26,27)18-13-11-17(12-14-18)23-20(15-10-16-6-2-1-3-7-16)22(25)19-8-4-5-9-21(19)28-23/h1-15H,(H2,24,26,27). The van der Waals surface area contributed by atoms with Crippen LogP contribution in [0.3, 0.4) is 0 Å². The Morgan fingerprint density at radius 1 is 0.793 bits per heavy atom. The molecule has 0 aliphatic heterocycles. The fourth-order valence-electron chi connectivity index (χ4n) is 3.06. The van der Waals surface area contributed by atoms with Crippen molar-refractivity contribution in [2.45, 2.75) is 4.90 Å². The molecule has 0 bridgehead atoms. The van der Waals surface area contributed by atoms with E-state index in [4.69, 9.17) is 5.14 Å². The van der Waals surface area contributed by atoms with E-state index < -0.39 is 10.0 Å². The first-order chi connectivity index (χ1) is 13.9. The number of hydrogen-bond donors (Lipinski definition) is 1. The molecule has 0 unspecified atom stereocenters. The first kappa shape index (κ1) is 19.3. The molecule has 0 saturated carbocycles. The van der Waals surface area contributed by atoms with E-state index in [1.807, 2.05) is 66.7 Å². The lowest BCUT2D eigenvalue weighted by Crippen LogP contribution is -2.11. The van der Waals surface area contributed by atoms with Crippen LogP contribution in [0.4, 0.5) is 0 Å². The first-order valence-corrected chi connectivity index (χ1v) is 11.2. The molecule has 0 radical (unpaired) electrons. The van der Waals surface area contributed by atoms with Crippen LogP contribution in [0.2, 0.25) is 0 Å². The van der Waals surface area contributed by atoms with Crippen molar-refractivity contribution in [1.82, 2.24) is 0 Å². The molecular weight excluding hydrogens is 402 g/mol. The van der Waals surface area contributed by atoms with Gasteiger partial charge in [0.25, 0.3) is 0 Å². The van der Waals surface area contributed by atoms with Crippen LogP contribution in [0.1, 0.15) is 11.1 Å². The van der Waals surface area contributed by atoms with Gasteiger partial charge in [-0.3, -0.25) is 4.79 Å². The molecule has 0 aliphatic carbocycles. The van der Waals surface area contributed by atoms with Crippen molar-refractivity contribution in [2.24, 2.45) is 5.14 Å². The summed E-state index contributed by atoms with van der Waals surface area (Å²) < 4.78 is 24.0. The van der Waals surface area contributed by atoms with Crippen LogP contribution in [-0.4, -0.2) is 8.42 Å². The summed E-state index contributed by atoms with van der Waals surface area (Å²) in [5.74, 6) is 0. The second kappa shape index (κ2) is 7.75. The molecule has 0 atom stereocenters. The highest BCUT2D eigenvalue weighted by Gasteiger charge is 2.14. The van der Waals surface area contributed by atoms with E-state index in [9.17, 15) is 13.2 Å². The van der Waals surface area contributed by atoms with Gasteiger partial charge in [0, 0.05) is 20.5 Å². The minimum atomic E-state index is -3.77. The fourth-order valence-corrected chi connectivity index (χ4v) is 4.74.